The number of carbonyl (C=O) groups is 2. The van der Waals surface area contributed by atoms with Gasteiger partial charge in [-0.1, -0.05) is 41.9 Å². The van der Waals surface area contributed by atoms with Crippen LogP contribution in [0.2, 0.25) is 5.02 Å². The number of nitrogens with zero attached hydrogens (tertiary/aromatic N) is 1. The van der Waals surface area contributed by atoms with Crippen molar-refractivity contribution in [3.63, 3.8) is 0 Å². The summed E-state index contributed by atoms with van der Waals surface area (Å²) in [5.41, 5.74) is 2.12. The number of esters is 1. The molecule has 0 bridgehead atoms. The zero-order chi connectivity index (χ0) is 17.1. The summed E-state index contributed by atoms with van der Waals surface area (Å²) in [5, 5.41) is 1.31. The van der Waals surface area contributed by atoms with Crippen LogP contribution < -0.4 is 0 Å². The van der Waals surface area contributed by atoms with Crippen molar-refractivity contribution >= 4 is 34.3 Å². The number of ether oxygens (including phenoxy) is 1. The van der Waals surface area contributed by atoms with E-state index >= 15 is 0 Å². The summed E-state index contributed by atoms with van der Waals surface area (Å²) in [6.45, 7) is 1.42. The number of rotatable bonds is 4. The summed E-state index contributed by atoms with van der Waals surface area (Å²) < 4.78 is 5.14. The molecule has 0 fully saturated rings. The van der Waals surface area contributed by atoms with Gasteiger partial charge in [-0.2, -0.15) is 0 Å². The van der Waals surface area contributed by atoms with Crippen LogP contribution in [0.15, 0.2) is 54.6 Å². The SMILES string of the molecule is Cc1nc2ccc(Cl)cc2cc1C(=O)OCC(=O)c1ccccc1. The van der Waals surface area contributed by atoms with Gasteiger partial charge < -0.3 is 4.74 Å². The Morgan fingerprint density at radius 1 is 1.08 bits per heavy atom. The minimum Gasteiger partial charge on any atom is -0.454 e. The van der Waals surface area contributed by atoms with E-state index in [0.717, 1.165) is 10.9 Å². The van der Waals surface area contributed by atoms with Crippen molar-refractivity contribution in [2.75, 3.05) is 6.61 Å². The molecule has 0 aliphatic heterocycles. The topological polar surface area (TPSA) is 56.3 Å². The summed E-state index contributed by atoms with van der Waals surface area (Å²) in [4.78, 5) is 28.7. The highest BCUT2D eigenvalue weighted by molar-refractivity contribution is 6.31. The van der Waals surface area contributed by atoms with Crippen LogP contribution in [0.25, 0.3) is 10.9 Å². The standard InChI is InChI=1S/C19H14ClNO3/c1-12-16(10-14-9-15(20)7-8-17(14)21-12)19(23)24-11-18(22)13-5-3-2-4-6-13/h2-10H,11H2,1H3. The van der Waals surface area contributed by atoms with Crippen molar-refractivity contribution in [2.45, 2.75) is 6.92 Å². The number of aromatic nitrogens is 1. The summed E-state index contributed by atoms with van der Waals surface area (Å²) in [6, 6.07) is 15.6. The third-order valence-corrected chi connectivity index (χ3v) is 3.85. The molecule has 0 aliphatic rings. The first-order chi connectivity index (χ1) is 11.5. The molecule has 1 heterocycles. The Morgan fingerprint density at radius 2 is 1.83 bits per heavy atom. The number of ketones is 1. The van der Waals surface area contributed by atoms with E-state index in [9.17, 15) is 9.59 Å². The molecule has 0 N–H and O–H groups in total. The third kappa shape index (κ3) is 3.44. The first kappa shape index (κ1) is 16.1. The van der Waals surface area contributed by atoms with Crippen LogP contribution in [0.4, 0.5) is 0 Å². The number of benzene rings is 2. The van der Waals surface area contributed by atoms with E-state index in [0.29, 0.717) is 21.8 Å². The van der Waals surface area contributed by atoms with Gasteiger partial charge in [-0.15, -0.1) is 0 Å². The van der Waals surface area contributed by atoms with Crippen molar-refractivity contribution in [1.29, 1.82) is 0 Å². The molecule has 0 saturated heterocycles. The number of fused-ring (bicyclic) bond motifs is 1. The van der Waals surface area contributed by atoms with Crippen LogP contribution in [-0.4, -0.2) is 23.3 Å². The van der Waals surface area contributed by atoms with Crippen LogP contribution in [0.5, 0.6) is 0 Å². The second-order valence-electron chi connectivity index (χ2n) is 5.32. The molecule has 24 heavy (non-hydrogen) atoms. The van der Waals surface area contributed by atoms with Gasteiger partial charge in [-0.25, -0.2) is 4.79 Å². The van der Waals surface area contributed by atoms with Gasteiger partial charge in [-0.3, -0.25) is 9.78 Å². The Bertz CT molecular complexity index is 923. The maximum absolute atomic E-state index is 12.3. The van der Waals surface area contributed by atoms with E-state index in [-0.39, 0.29) is 12.4 Å². The molecule has 5 heteroatoms. The smallest absolute Gasteiger partial charge is 0.340 e. The molecule has 120 valence electrons. The van der Waals surface area contributed by atoms with Gasteiger partial charge in [0, 0.05) is 16.0 Å². The van der Waals surface area contributed by atoms with Gasteiger partial charge in [0.15, 0.2) is 12.4 Å². The molecule has 4 nitrogen and oxygen atoms in total. The zero-order valence-electron chi connectivity index (χ0n) is 13.0. The van der Waals surface area contributed by atoms with Crippen LogP contribution in [0, 0.1) is 6.92 Å². The Hall–Kier alpha value is -2.72. The lowest BCUT2D eigenvalue weighted by atomic mass is 10.1. The predicted octanol–water partition coefficient (Wildman–Crippen LogP) is 4.24. The number of hydrogen-bond donors (Lipinski definition) is 0. The lowest BCUT2D eigenvalue weighted by Crippen LogP contribution is -2.15. The summed E-state index contributed by atoms with van der Waals surface area (Å²) in [6.07, 6.45) is 0. The van der Waals surface area contributed by atoms with Gasteiger partial charge in [0.2, 0.25) is 0 Å². The van der Waals surface area contributed by atoms with Gasteiger partial charge in [0.25, 0.3) is 0 Å². The monoisotopic (exact) mass is 339 g/mol. The Labute approximate surface area is 144 Å². The highest BCUT2D eigenvalue weighted by Crippen LogP contribution is 2.21. The molecule has 0 amide bonds. The molecule has 3 rings (SSSR count). The van der Waals surface area contributed by atoms with Crippen molar-refractivity contribution in [1.82, 2.24) is 4.98 Å². The zero-order valence-corrected chi connectivity index (χ0v) is 13.7. The summed E-state index contributed by atoms with van der Waals surface area (Å²) in [7, 11) is 0. The molecule has 3 aromatic rings. The number of Topliss-reactive ketones (excluding diaryl/α,β-unsaturated/α-hetero) is 1. The van der Waals surface area contributed by atoms with E-state index in [2.05, 4.69) is 4.98 Å². The maximum atomic E-state index is 12.3. The Morgan fingerprint density at radius 3 is 2.58 bits per heavy atom. The molecular weight excluding hydrogens is 326 g/mol. The number of pyridine rings is 1. The maximum Gasteiger partial charge on any atom is 0.340 e. The number of aryl methyl sites for hydroxylation is 1. The van der Waals surface area contributed by atoms with E-state index < -0.39 is 5.97 Å². The number of hydrogen-bond acceptors (Lipinski definition) is 4. The first-order valence-corrected chi connectivity index (χ1v) is 7.74. The Kier molecular flexibility index (Phi) is 4.58. The van der Waals surface area contributed by atoms with Crippen molar-refractivity contribution in [3.05, 3.63) is 76.4 Å². The van der Waals surface area contributed by atoms with Crippen molar-refractivity contribution in [3.8, 4) is 0 Å². The second-order valence-corrected chi connectivity index (χ2v) is 5.76. The fourth-order valence-electron chi connectivity index (χ4n) is 2.37. The van der Waals surface area contributed by atoms with Gasteiger partial charge in [-0.05, 0) is 31.2 Å². The van der Waals surface area contributed by atoms with Crippen LogP contribution in [0.3, 0.4) is 0 Å². The largest absolute Gasteiger partial charge is 0.454 e. The van der Waals surface area contributed by atoms with Crippen LogP contribution in [0.1, 0.15) is 26.4 Å². The summed E-state index contributed by atoms with van der Waals surface area (Å²) >= 11 is 5.97. The van der Waals surface area contributed by atoms with Crippen molar-refractivity contribution in [2.24, 2.45) is 0 Å². The average molecular weight is 340 g/mol. The minimum atomic E-state index is -0.578. The van der Waals surface area contributed by atoms with E-state index in [1.54, 1.807) is 55.5 Å². The van der Waals surface area contributed by atoms with Gasteiger partial charge >= 0.3 is 5.97 Å². The minimum absolute atomic E-state index is 0.251. The lowest BCUT2D eigenvalue weighted by molar-refractivity contribution is 0.0473. The predicted molar refractivity (Wildman–Crippen MR) is 92.5 cm³/mol. The molecule has 1 aromatic heterocycles. The third-order valence-electron chi connectivity index (χ3n) is 3.62. The molecule has 0 atom stereocenters. The van der Waals surface area contributed by atoms with Crippen LogP contribution in [-0.2, 0) is 4.74 Å². The van der Waals surface area contributed by atoms with Crippen LogP contribution >= 0.6 is 11.6 Å². The number of carbonyl (C=O) groups excluding carboxylic acids is 2. The quantitative estimate of drug-likeness (QED) is 0.527. The lowest BCUT2D eigenvalue weighted by Gasteiger charge is -2.08. The highest BCUT2D eigenvalue weighted by atomic mass is 35.5. The molecular formula is C19H14ClNO3. The summed E-state index contributed by atoms with van der Waals surface area (Å²) in [5.74, 6) is -0.829. The van der Waals surface area contributed by atoms with Crippen molar-refractivity contribution < 1.29 is 14.3 Å². The average Bonchev–Trinajstić information content (AvgIpc) is 2.60. The normalized spacial score (nSPS) is 10.6. The first-order valence-electron chi connectivity index (χ1n) is 7.37. The molecule has 2 aromatic carbocycles. The fourth-order valence-corrected chi connectivity index (χ4v) is 2.55. The van der Waals surface area contributed by atoms with Gasteiger partial charge in [0.1, 0.15) is 0 Å². The number of halogens is 1. The molecule has 0 saturated carbocycles. The molecule has 0 unspecified atom stereocenters. The molecule has 0 spiro atoms. The van der Waals surface area contributed by atoms with E-state index in [1.165, 1.54) is 0 Å². The van der Waals surface area contributed by atoms with Gasteiger partial charge in [0.05, 0.1) is 16.8 Å². The highest BCUT2D eigenvalue weighted by Gasteiger charge is 2.15. The molecule has 0 radical (unpaired) electrons. The fraction of sp³-hybridized carbons (Fsp3) is 0.105. The molecule has 0 aliphatic carbocycles. The van der Waals surface area contributed by atoms with E-state index in [1.807, 2.05) is 6.07 Å². The Balaban J connectivity index is 1.78. The van der Waals surface area contributed by atoms with E-state index in [4.69, 9.17) is 16.3 Å². The second kappa shape index (κ2) is 6.81.